The van der Waals surface area contributed by atoms with Crippen LogP contribution in [0.2, 0.25) is 0 Å². The highest BCUT2D eigenvalue weighted by Gasteiger charge is 2.33. The average molecular weight is 266 g/mol. The number of nitrogens with two attached hydrogens (primary N) is 1. The summed E-state index contributed by atoms with van der Waals surface area (Å²) in [5.41, 5.74) is 5.28. The first-order chi connectivity index (χ1) is 7.47. The monoisotopic (exact) mass is 266 g/mol. The minimum Gasteiger partial charge on any atom is -0.396 e. The summed E-state index contributed by atoms with van der Waals surface area (Å²) in [5, 5.41) is 8.76. The first-order valence-corrected chi connectivity index (χ1v) is 7.38. The van der Waals surface area contributed by atoms with E-state index < -0.39 is 10.0 Å². The molecule has 0 unspecified atom stereocenters. The van der Waals surface area contributed by atoms with Gasteiger partial charge in [-0.05, 0) is 19.3 Å². The van der Waals surface area contributed by atoms with Crippen LogP contribution >= 0.6 is 12.2 Å². The van der Waals surface area contributed by atoms with Crippen molar-refractivity contribution in [3.05, 3.63) is 0 Å². The Labute approximate surface area is 102 Å². The van der Waals surface area contributed by atoms with E-state index in [9.17, 15) is 8.42 Å². The van der Waals surface area contributed by atoms with Crippen molar-refractivity contribution < 1.29 is 13.5 Å². The van der Waals surface area contributed by atoms with E-state index in [0.717, 1.165) is 19.3 Å². The largest absolute Gasteiger partial charge is 0.396 e. The lowest BCUT2D eigenvalue weighted by Gasteiger charge is -2.36. The third-order valence-electron chi connectivity index (χ3n) is 2.70. The molecule has 0 aliphatic heterocycles. The molecule has 0 heterocycles. The zero-order chi connectivity index (χ0) is 12.2. The van der Waals surface area contributed by atoms with E-state index in [0.29, 0.717) is 13.0 Å². The highest BCUT2D eigenvalue weighted by atomic mass is 32.2. The van der Waals surface area contributed by atoms with Gasteiger partial charge in [-0.1, -0.05) is 18.6 Å². The van der Waals surface area contributed by atoms with Crippen molar-refractivity contribution in [3.8, 4) is 0 Å². The highest BCUT2D eigenvalue weighted by Crippen LogP contribution is 2.27. The lowest BCUT2D eigenvalue weighted by atomic mass is 9.93. The molecule has 94 valence electrons. The Morgan fingerprint density at radius 3 is 2.50 bits per heavy atom. The molecular weight excluding hydrogens is 248 g/mol. The van der Waals surface area contributed by atoms with Crippen molar-refractivity contribution in [1.82, 2.24) is 4.31 Å². The molecule has 0 aromatic carbocycles. The van der Waals surface area contributed by atoms with Crippen LogP contribution in [-0.4, -0.2) is 47.8 Å². The number of hydrogen-bond acceptors (Lipinski definition) is 4. The smallest absolute Gasteiger partial charge is 0.220 e. The normalized spacial score (nSPS) is 17.4. The summed E-state index contributed by atoms with van der Waals surface area (Å²) in [6.07, 6.45) is 3.29. The number of thiocarbonyl (C=S) groups is 1. The third kappa shape index (κ3) is 3.65. The summed E-state index contributed by atoms with van der Waals surface area (Å²) in [5.74, 6) is -0.274. The van der Waals surface area contributed by atoms with Gasteiger partial charge in [0.25, 0.3) is 0 Å². The summed E-state index contributed by atoms with van der Waals surface area (Å²) in [6, 6.07) is 0.0749. The molecule has 0 saturated heterocycles. The van der Waals surface area contributed by atoms with Crippen LogP contribution in [0.15, 0.2) is 0 Å². The van der Waals surface area contributed by atoms with Gasteiger partial charge < -0.3 is 10.8 Å². The van der Waals surface area contributed by atoms with E-state index in [1.165, 1.54) is 4.31 Å². The number of sulfonamides is 1. The van der Waals surface area contributed by atoms with E-state index in [-0.39, 0.29) is 23.4 Å². The molecule has 1 fully saturated rings. The fourth-order valence-corrected chi connectivity index (χ4v) is 3.76. The zero-order valence-corrected chi connectivity index (χ0v) is 10.8. The second kappa shape index (κ2) is 5.90. The fourth-order valence-electron chi connectivity index (χ4n) is 1.71. The molecule has 0 atom stereocenters. The van der Waals surface area contributed by atoms with Gasteiger partial charge in [-0.2, -0.15) is 4.31 Å². The van der Waals surface area contributed by atoms with Crippen LogP contribution in [0.1, 0.15) is 25.7 Å². The van der Waals surface area contributed by atoms with Gasteiger partial charge in [-0.25, -0.2) is 8.42 Å². The lowest BCUT2D eigenvalue weighted by Crippen LogP contribution is -2.47. The first kappa shape index (κ1) is 13.8. The quantitative estimate of drug-likeness (QED) is 0.626. The van der Waals surface area contributed by atoms with Gasteiger partial charge in [0.15, 0.2) is 0 Å². The summed E-state index contributed by atoms with van der Waals surface area (Å²) in [4.78, 5) is -0.00618. The number of nitrogens with zero attached hydrogens (tertiary/aromatic N) is 1. The molecule has 5 nitrogen and oxygen atoms in total. The molecular formula is C9H18N2O3S2. The van der Waals surface area contributed by atoms with Crippen molar-refractivity contribution in [2.24, 2.45) is 5.73 Å². The molecule has 0 aromatic heterocycles. The Morgan fingerprint density at radius 1 is 1.50 bits per heavy atom. The van der Waals surface area contributed by atoms with Gasteiger partial charge in [0.05, 0.1) is 4.99 Å². The van der Waals surface area contributed by atoms with E-state index in [4.69, 9.17) is 10.8 Å². The van der Waals surface area contributed by atoms with Crippen molar-refractivity contribution >= 4 is 27.2 Å². The van der Waals surface area contributed by atoms with Crippen molar-refractivity contribution in [2.75, 3.05) is 18.9 Å². The minimum atomic E-state index is -3.40. The van der Waals surface area contributed by atoms with E-state index in [1.807, 2.05) is 0 Å². The van der Waals surface area contributed by atoms with E-state index in [2.05, 4.69) is 12.2 Å². The zero-order valence-electron chi connectivity index (χ0n) is 9.13. The molecule has 7 heteroatoms. The second-order valence-corrected chi connectivity index (χ2v) is 6.44. The van der Waals surface area contributed by atoms with Crippen molar-refractivity contribution in [2.45, 2.75) is 31.7 Å². The van der Waals surface area contributed by atoms with E-state index in [1.54, 1.807) is 0 Å². The Balaban J connectivity index is 2.69. The van der Waals surface area contributed by atoms with Crippen molar-refractivity contribution in [3.63, 3.8) is 0 Å². The van der Waals surface area contributed by atoms with Crippen LogP contribution in [0.25, 0.3) is 0 Å². The van der Waals surface area contributed by atoms with Crippen LogP contribution in [0.3, 0.4) is 0 Å². The molecule has 1 aliphatic carbocycles. The molecule has 1 rings (SSSR count). The molecule has 0 spiro atoms. The maximum absolute atomic E-state index is 12.0. The van der Waals surface area contributed by atoms with Gasteiger partial charge in [-0.15, -0.1) is 0 Å². The summed E-state index contributed by atoms with van der Waals surface area (Å²) >= 11 is 4.64. The fraction of sp³-hybridized carbons (Fsp3) is 0.889. The minimum absolute atomic E-state index is 0.00618. The molecule has 1 saturated carbocycles. The molecule has 16 heavy (non-hydrogen) atoms. The van der Waals surface area contributed by atoms with Crippen LogP contribution in [-0.2, 0) is 10.0 Å². The van der Waals surface area contributed by atoms with Gasteiger partial charge >= 0.3 is 0 Å². The molecule has 0 amide bonds. The second-order valence-electron chi connectivity index (χ2n) is 4.00. The van der Waals surface area contributed by atoms with Crippen molar-refractivity contribution in [1.29, 1.82) is 0 Å². The predicted octanol–water partition coefficient (Wildman–Crippen LogP) is -0.161. The number of hydrogen-bond donors (Lipinski definition) is 2. The molecule has 1 aliphatic rings. The SMILES string of the molecule is NC(=S)CS(=O)(=O)N(CCCO)C1CCC1. The van der Waals surface area contributed by atoms with Gasteiger partial charge in [0.2, 0.25) is 10.0 Å². The molecule has 0 aromatic rings. The maximum atomic E-state index is 12.0. The lowest BCUT2D eigenvalue weighted by molar-refractivity contribution is 0.199. The Hall–Kier alpha value is -0.240. The third-order valence-corrected chi connectivity index (χ3v) is 4.90. The molecule has 0 bridgehead atoms. The Bertz CT molecular complexity index is 339. The Morgan fingerprint density at radius 2 is 2.12 bits per heavy atom. The van der Waals surface area contributed by atoms with Gasteiger partial charge in [-0.3, -0.25) is 0 Å². The average Bonchev–Trinajstić information content (AvgIpc) is 2.06. The predicted molar refractivity (Wildman–Crippen MR) is 66.6 cm³/mol. The number of aliphatic hydroxyl groups excluding tert-OH is 1. The summed E-state index contributed by atoms with van der Waals surface area (Å²) in [6.45, 7) is 0.345. The molecule has 3 N–H and O–H groups in total. The maximum Gasteiger partial charge on any atom is 0.220 e. The van der Waals surface area contributed by atoms with Crippen LogP contribution in [0.5, 0.6) is 0 Å². The molecule has 0 radical (unpaired) electrons. The topological polar surface area (TPSA) is 83.6 Å². The summed E-state index contributed by atoms with van der Waals surface area (Å²) in [7, 11) is -3.40. The van der Waals surface area contributed by atoms with Crippen LogP contribution < -0.4 is 5.73 Å². The first-order valence-electron chi connectivity index (χ1n) is 5.36. The number of rotatable bonds is 7. The van der Waals surface area contributed by atoms with Crippen LogP contribution in [0.4, 0.5) is 0 Å². The summed E-state index contributed by atoms with van der Waals surface area (Å²) < 4.78 is 25.4. The van der Waals surface area contributed by atoms with Gasteiger partial charge in [0, 0.05) is 19.2 Å². The van der Waals surface area contributed by atoms with Crippen LogP contribution in [0, 0.1) is 0 Å². The number of aliphatic hydroxyl groups is 1. The standard InChI is InChI=1S/C9H18N2O3S2/c10-9(15)7-16(13,14)11(5-2-6-12)8-3-1-4-8/h8,12H,1-7H2,(H2,10,15). The van der Waals surface area contributed by atoms with Gasteiger partial charge in [0.1, 0.15) is 5.75 Å². The highest BCUT2D eigenvalue weighted by molar-refractivity contribution is 7.92. The van der Waals surface area contributed by atoms with E-state index >= 15 is 0 Å². The Kier molecular flexibility index (Phi) is 5.10.